The minimum atomic E-state index is -0.617. The first-order valence-electron chi connectivity index (χ1n) is 9.79. The number of aromatic hydroxyl groups is 1. The zero-order chi connectivity index (χ0) is 22.6. The van der Waals surface area contributed by atoms with Crippen molar-refractivity contribution in [2.24, 2.45) is 0 Å². The van der Waals surface area contributed by atoms with Gasteiger partial charge in [0.1, 0.15) is 17.1 Å². The number of carbonyl (C=O) groups excluding carboxylic acids is 2. The molecule has 5 N–H and O–H groups in total. The first-order chi connectivity index (χ1) is 14.9. The monoisotopic (exact) mass is 422 g/mol. The molecule has 31 heavy (non-hydrogen) atoms. The number of carbonyl (C=O) groups is 2. The maximum absolute atomic E-state index is 11.7. The van der Waals surface area contributed by atoms with Crippen LogP contribution in [-0.2, 0) is 4.74 Å². The predicted molar refractivity (Wildman–Crippen MR) is 120 cm³/mol. The Morgan fingerprint density at radius 1 is 0.871 bits per heavy atom. The number of nitrogen functional groups attached to an aromatic ring is 2. The number of anilines is 2. The number of para-hydroxylation sites is 1. The summed E-state index contributed by atoms with van der Waals surface area (Å²) in [7, 11) is 0. The van der Waals surface area contributed by atoms with E-state index in [4.69, 9.17) is 20.9 Å². The third kappa shape index (κ3) is 7.74. The second-order valence-corrected chi connectivity index (χ2v) is 6.59. The number of ether oxygens (including phenoxy) is 2. The standard InChI is InChI=1S/C13H11NO3.C11H15NO2/c14-9-6-7-11(12(15)8-9)13(16)17-10-4-2-1-3-5-10;1-2-3-8-14-11(13)9-4-6-10(12)7-5-9/h1-8,15H,14H2;4-7H,2-3,8,12H2,1H3. The lowest BCUT2D eigenvalue weighted by molar-refractivity contribution is 0.0499. The fraction of sp³-hybridized carbons (Fsp3) is 0.167. The molecule has 0 saturated carbocycles. The summed E-state index contributed by atoms with van der Waals surface area (Å²) in [5, 5.41) is 9.56. The summed E-state index contributed by atoms with van der Waals surface area (Å²) in [5.41, 5.74) is 12.6. The summed E-state index contributed by atoms with van der Waals surface area (Å²) in [6, 6.07) is 19.6. The van der Waals surface area contributed by atoms with Crippen molar-refractivity contribution >= 4 is 23.3 Å². The molecular weight excluding hydrogens is 396 g/mol. The van der Waals surface area contributed by atoms with Crippen LogP contribution in [0.4, 0.5) is 11.4 Å². The van der Waals surface area contributed by atoms with Crippen molar-refractivity contribution in [3.63, 3.8) is 0 Å². The Balaban J connectivity index is 0.000000225. The van der Waals surface area contributed by atoms with Crippen molar-refractivity contribution < 1.29 is 24.2 Å². The number of hydrogen-bond donors (Lipinski definition) is 3. The highest BCUT2D eigenvalue weighted by Crippen LogP contribution is 2.22. The first kappa shape index (κ1) is 23.3. The molecule has 0 bridgehead atoms. The third-order valence-electron chi connectivity index (χ3n) is 4.07. The van der Waals surface area contributed by atoms with Crippen LogP contribution in [-0.4, -0.2) is 23.7 Å². The van der Waals surface area contributed by atoms with Crippen LogP contribution >= 0.6 is 0 Å². The van der Waals surface area contributed by atoms with Crippen LogP contribution in [0.3, 0.4) is 0 Å². The molecule has 3 rings (SSSR count). The van der Waals surface area contributed by atoms with E-state index in [1.54, 1.807) is 48.5 Å². The van der Waals surface area contributed by atoms with Crippen molar-refractivity contribution in [2.75, 3.05) is 18.1 Å². The fourth-order valence-electron chi connectivity index (χ4n) is 2.38. The second-order valence-electron chi connectivity index (χ2n) is 6.59. The molecule has 0 amide bonds. The molecule has 0 atom stereocenters. The van der Waals surface area contributed by atoms with E-state index in [2.05, 4.69) is 6.92 Å². The molecule has 7 heteroatoms. The molecule has 0 radical (unpaired) electrons. The highest BCUT2D eigenvalue weighted by atomic mass is 16.5. The van der Waals surface area contributed by atoms with Gasteiger partial charge in [-0.2, -0.15) is 0 Å². The smallest absolute Gasteiger partial charge is 0.347 e. The number of phenols is 1. The lowest BCUT2D eigenvalue weighted by Gasteiger charge is -2.06. The Bertz CT molecular complexity index is 989. The van der Waals surface area contributed by atoms with E-state index in [1.807, 2.05) is 6.07 Å². The van der Waals surface area contributed by atoms with Crippen molar-refractivity contribution in [2.45, 2.75) is 19.8 Å². The van der Waals surface area contributed by atoms with Crippen molar-refractivity contribution in [3.05, 3.63) is 83.9 Å². The Hall–Kier alpha value is -4.00. The predicted octanol–water partition coefficient (Wildman–Crippen LogP) is 4.42. The molecule has 0 aliphatic rings. The summed E-state index contributed by atoms with van der Waals surface area (Å²) in [6.45, 7) is 2.54. The molecule has 0 unspecified atom stereocenters. The normalized spacial score (nSPS) is 9.84. The number of nitrogens with two attached hydrogens (primary N) is 2. The number of phenolic OH excluding ortho intramolecular Hbond substituents is 1. The van der Waals surface area contributed by atoms with E-state index in [0.29, 0.717) is 29.3 Å². The van der Waals surface area contributed by atoms with Gasteiger partial charge in [-0.3, -0.25) is 0 Å². The number of esters is 2. The van der Waals surface area contributed by atoms with E-state index in [9.17, 15) is 14.7 Å². The average Bonchev–Trinajstić information content (AvgIpc) is 2.75. The van der Waals surface area contributed by atoms with E-state index >= 15 is 0 Å². The molecule has 0 saturated heterocycles. The second kappa shape index (κ2) is 11.9. The Morgan fingerprint density at radius 3 is 2.13 bits per heavy atom. The van der Waals surface area contributed by atoms with Gasteiger partial charge < -0.3 is 26.0 Å². The first-order valence-corrected chi connectivity index (χ1v) is 9.79. The minimum absolute atomic E-state index is 0.0862. The summed E-state index contributed by atoms with van der Waals surface area (Å²) < 4.78 is 10.1. The van der Waals surface area contributed by atoms with Crippen molar-refractivity contribution in [3.8, 4) is 11.5 Å². The van der Waals surface area contributed by atoms with Gasteiger partial charge in [0, 0.05) is 17.4 Å². The topological polar surface area (TPSA) is 125 Å². The molecule has 3 aromatic carbocycles. The number of hydrogen-bond acceptors (Lipinski definition) is 7. The highest BCUT2D eigenvalue weighted by Gasteiger charge is 2.13. The minimum Gasteiger partial charge on any atom is -0.507 e. The summed E-state index contributed by atoms with van der Waals surface area (Å²) >= 11 is 0. The van der Waals surface area contributed by atoms with Crippen LogP contribution in [0.15, 0.2) is 72.8 Å². The number of unbranched alkanes of at least 4 members (excludes halogenated alkanes) is 1. The maximum Gasteiger partial charge on any atom is 0.347 e. The van der Waals surface area contributed by atoms with Crippen LogP contribution in [0.1, 0.15) is 40.5 Å². The molecule has 0 fully saturated rings. The molecule has 0 aliphatic heterocycles. The number of benzene rings is 3. The van der Waals surface area contributed by atoms with Gasteiger partial charge in [-0.1, -0.05) is 31.5 Å². The van der Waals surface area contributed by atoms with Crippen molar-refractivity contribution in [1.29, 1.82) is 0 Å². The van der Waals surface area contributed by atoms with Crippen molar-refractivity contribution in [1.82, 2.24) is 0 Å². The van der Waals surface area contributed by atoms with Gasteiger partial charge in [0.2, 0.25) is 0 Å². The van der Waals surface area contributed by atoms with Crippen LogP contribution in [0.2, 0.25) is 0 Å². The Morgan fingerprint density at radius 2 is 1.52 bits per heavy atom. The molecule has 162 valence electrons. The average molecular weight is 422 g/mol. The highest BCUT2D eigenvalue weighted by molar-refractivity contribution is 5.94. The maximum atomic E-state index is 11.7. The molecule has 0 aromatic heterocycles. The molecular formula is C24H26N2O5. The number of rotatable bonds is 6. The van der Waals surface area contributed by atoms with Gasteiger partial charge in [-0.05, 0) is 55.0 Å². The van der Waals surface area contributed by atoms with Gasteiger partial charge in [0.15, 0.2) is 0 Å². The molecule has 7 nitrogen and oxygen atoms in total. The Kier molecular flexibility index (Phi) is 8.91. The molecule has 0 aliphatic carbocycles. The SMILES string of the molecule is CCCCOC(=O)c1ccc(N)cc1.Nc1ccc(C(=O)Oc2ccccc2)c(O)c1. The zero-order valence-electron chi connectivity index (χ0n) is 17.3. The van der Waals surface area contributed by atoms with E-state index < -0.39 is 5.97 Å². The third-order valence-corrected chi connectivity index (χ3v) is 4.07. The van der Waals surface area contributed by atoms with Gasteiger partial charge in [0.25, 0.3) is 0 Å². The summed E-state index contributed by atoms with van der Waals surface area (Å²) in [6.07, 6.45) is 1.93. The van der Waals surface area contributed by atoms with Crippen LogP contribution in [0.5, 0.6) is 11.5 Å². The van der Waals surface area contributed by atoms with E-state index in [-0.39, 0.29) is 17.3 Å². The van der Waals surface area contributed by atoms with Gasteiger partial charge in [-0.25, -0.2) is 9.59 Å². The molecule has 0 spiro atoms. The van der Waals surface area contributed by atoms with Gasteiger partial charge in [0.05, 0.1) is 12.2 Å². The molecule has 0 heterocycles. The van der Waals surface area contributed by atoms with Crippen LogP contribution < -0.4 is 16.2 Å². The largest absolute Gasteiger partial charge is 0.507 e. The van der Waals surface area contributed by atoms with Crippen LogP contribution in [0, 0.1) is 0 Å². The molecule has 3 aromatic rings. The quantitative estimate of drug-likeness (QED) is 0.232. The lowest BCUT2D eigenvalue weighted by Crippen LogP contribution is -2.08. The summed E-state index contributed by atoms with van der Waals surface area (Å²) in [5.74, 6) is -0.660. The van der Waals surface area contributed by atoms with E-state index in [1.165, 1.54) is 18.2 Å². The summed E-state index contributed by atoms with van der Waals surface area (Å²) in [4.78, 5) is 23.1. The lowest BCUT2D eigenvalue weighted by atomic mass is 10.2. The van der Waals surface area contributed by atoms with Crippen LogP contribution in [0.25, 0.3) is 0 Å². The fourth-order valence-corrected chi connectivity index (χ4v) is 2.38. The van der Waals surface area contributed by atoms with Gasteiger partial charge in [-0.15, -0.1) is 0 Å². The van der Waals surface area contributed by atoms with E-state index in [0.717, 1.165) is 12.8 Å². The zero-order valence-corrected chi connectivity index (χ0v) is 17.3. The Labute approximate surface area is 181 Å². The van der Waals surface area contributed by atoms with Gasteiger partial charge >= 0.3 is 11.9 Å².